The lowest BCUT2D eigenvalue weighted by atomic mass is 10.1. The van der Waals surface area contributed by atoms with Crippen LogP contribution in [0.3, 0.4) is 0 Å². The van der Waals surface area contributed by atoms with Crippen molar-refractivity contribution in [3.8, 4) is 0 Å². The van der Waals surface area contributed by atoms with Gasteiger partial charge < -0.3 is 19.3 Å². The Balaban J connectivity index is 3.69. The van der Waals surface area contributed by atoms with Gasteiger partial charge in [0.2, 0.25) is 0 Å². The third-order valence-electron chi connectivity index (χ3n) is 2.32. The molecule has 0 aliphatic heterocycles. The van der Waals surface area contributed by atoms with E-state index in [1.165, 1.54) is 0 Å². The van der Waals surface area contributed by atoms with Crippen molar-refractivity contribution in [2.45, 2.75) is 20.3 Å². The predicted molar refractivity (Wildman–Crippen MR) is 76.7 cm³/mol. The Morgan fingerprint density at radius 1 is 1.37 bits per heavy atom. The van der Waals surface area contributed by atoms with E-state index in [-0.39, 0.29) is 12.5 Å². The molecule has 0 aromatic rings. The summed E-state index contributed by atoms with van der Waals surface area (Å²) in [6.07, 6.45) is 6.37. The van der Waals surface area contributed by atoms with Gasteiger partial charge >= 0.3 is 0 Å². The summed E-state index contributed by atoms with van der Waals surface area (Å²) in [5.74, 6) is 0.832. The van der Waals surface area contributed by atoms with Crippen molar-refractivity contribution in [2.24, 2.45) is 5.92 Å². The fourth-order valence-electron chi connectivity index (χ4n) is 1.34. The number of hydrogen-bond donors (Lipinski definition) is 1. The summed E-state index contributed by atoms with van der Waals surface area (Å²) >= 11 is 0. The van der Waals surface area contributed by atoms with Crippen LogP contribution in [0.4, 0.5) is 0 Å². The molecule has 0 spiro atoms. The van der Waals surface area contributed by atoms with Crippen molar-refractivity contribution >= 4 is 0 Å². The molecule has 0 bridgehead atoms. The predicted octanol–water partition coefficient (Wildman–Crippen LogP) is 2.66. The molecule has 4 nitrogen and oxygen atoms in total. The molecule has 19 heavy (non-hydrogen) atoms. The van der Waals surface area contributed by atoms with Crippen molar-refractivity contribution in [3.63, 3.8) is 0 Å². The minimum atomic E-state index is 0.0884. The Morgan fingerprint density at radius 2 is 2.11 bits per heavy atom. The molecule has 0 aromatic heterocycles. The molecule has 0 aliphatic carbocycles. The normalized spacial score (nSPS) is 13.6. The van der Waals surface area contributed by atoms with Crippen molar-refractivity contribution in [2.75, 3.05) is 33.5 Å². The molecule has 0 aliphatic rings. The van der Waals surface area contributed by atoms with Crippen LogP contribution in [-0.2, 0) is 14.2 Å². The van der Waals surface area contributed by atoms with E-state index in [0.717, 1.165) is 12.0 Å². The second-order valence-corrected chi connectivity index (χ2v) is 4.40. The van der Waals surface area contributed by atoms with Gasteiger partial charge in [-0.1, -0.05) is 25.2 Å². The van der Waals surface area contributed by atoms with Crippen molar-refractivity contribution in [1.29, 1.82) is 0 Å². The first-order valence-electron chi connectivity index (χ1n) is 6.46. The van der Waals surface area contributed by atoms with Gasteiger partial charge in [0.15, 0.2) is 0 Å². The van der Waals surface area contributed by atoms with Gasteiger partial charge in [-0.15, -0.1) is 0 Å². The smallest absolute Gasteiger partial charge is 0.144 e. The lowest BCUT2D eigenvalue weighted by molar-refractivity contribution is 0.121. The molecule has 4 heteroatoms. The molecule has 0 aromatic carbocycles. The number of hydrogen-bond acceptors (Lipinski definition) is 4. The van der Waals surface area contributed by atoms with E-state index in [2.05, 4.69) is 6.58 Å². The van der Waals surface area contributed by atoms with Gasteiger partial charge in [-0.2, -0.15) is 0 Å². The second-order valence-electron chi connectivity index (χ2n) is 4.40. The maximum atomic E-state index is 8.89. The molecule has 1 atom stereocenters. The summed E-state index contributed by atoms with van der Waals surface area (Å²) in [6, 6.07) is 0. The Labute approximate surface area is 116 Å². The van der Waals surface area contributed by atoms with Gasteiger partial charge in [0, 0.05) is 20.1 Å². The Kier molecular flexibility index (Phi) is 11.0. The number of aliphatic hydroxyl groups excluding tert-OH is 1. The van der Waals surface area contributed by atoms with E-state index >= 15 is 0 Å². The van der Waals surface area contributed by atoms with Crippen LogP contribution in [0, 0.1) is 5.92 Å². The van der Waals surface area contributed by atoms with Crippen LogP contribution in [0.2, 0.25) is 0 Å². The molecular formula is C15H26O4. The molecule has 0 rings (SSSR count). The summed E-state index contributed by atoms with van der Waals surface area (Å²) < 4.78 is 15.6. The molecule has 0 amide bonds. The summed E-state index contributed by atoms with van der Waals surface area (Å²) in [7, 11) is 1.66. The zero-order chi connectivity index (χ0) is 14.5. The maximum absolute atomic E-state index is 8.89. The Hall–Kier alpha value is -1.26. The van der Waals surface area contributed by atoms with Crippen molar-refractivity contribution < 1.29 is 19.3 Å². The van der Waals surface area contributed by atoms with E-state index in [0.29, 0.717) is 25.6 Å². The highest BCUT2D eigenvalue weighted by Gasteiger charge is 1.96. The number of rotatable bonds is 11. The van der Waals surface area contributed by atoms with Crippen molar-refractivity contribution in [1.82, 2.24) is 0 Å². The summed E-state index contributed by atoms with van der Waals surface area (Å²) in [4.78, 5) is 0. The van der Waals surface area contributed by atoms with Crippen LogP contribution in [-0.4, -0.2) is 38.6 Å². The molecule has 1 unspecified atom stereocenters. The van der Waals surface area contributed by atoms with E-state index in [9.17, 15) is 0 Å². The van der Waals surface area contributed by atoms with Gasteiger partial charge in [-0.25, -0.2) is 0 Å². The first-order chi connectivity index (χ1) is 9.10. The fraction of sp³-hybridized carbons (Fsp3) is 0.600. The monoisotopic (exact) mass is 270 g/mol. The standard InChI is InChI=1S/C15H26O4/c1-13(10-14(2)11-16)6-9-18-12-15(3)19-8-5-7-17-4/h6,9-10,13,16H,3,5,7-8,11-12H2,1-2,4H3/b9-6-,14-10+. The first kappa shape index (κ1) is 17.7. The molecule has 0 fully saturated rings. The van der Waals surface area contributed by atoms with Crippen LogP contribution < -0.4 is 0 Å². The quantitative estimate of drug-likeness (QED) is 0.356. The second kappa shape index (κ2) is 11.8. The Morgan fingerprint density at radius 3 is 2.74 bits per heavy atom. The van der Waals surface area contributed by atoms with E-state index in [1.54, 1.807) is 13.4 Å². The summed E-state index contributed by atoms with van der Waals surface area (Å²) in [5, 5.41) is 8.89. The van der Waals surface area contributed by atoms with Crippen LogP contribution >= 0.6 is 0 Å². The minimum Gasteiger partial charge on any atom is -0.495 e. The minimum absolute atomic E-state index is 0.0884. The number of ether oxygens (including phenoxy) is 3. The number of allylic oxidation sites excluding steroid dienone is 2. The average Bonchev–Trinajstić information content (AvgIpc) is 2.39. The first-order valence-corrected chi connectivity index (χ1v) is 6.46. The molecular weight excluding hydrogens is 244 g/mol. The van der Waals surface area contributed by atoms with Crippen molar-refractivity contribution in [3.05, 3.63) is 36.3 Å². The van der Waals surface area contributed by atoms with Gasteiger partial charge in [-0.3, -0.25) is 0 Å². The van der Waals surface area contributed by atoms with E-state index in [1.807, 2.05) is 26.0 Å². The molecule has 1 N–H and O–H groups in total. The topological polar surface area (TPSA) is 47.9 Å². The zero-order valence-electron chi connectivity index (χ0n) is 12.2. The highest BCUT2D eigenvalue weighted by atomic mass is 16.5. The maximum Gasteiger partial charge on any atom is 0.144 e. The fourth-order valence-corrected chi connectivity index (χ4v) is 1.34. The molecule has 0 saturated carbocycles. The van der Waals surface area contributed by atoms with Gasteiger partial charge in [-0.05, 0) is 18.9 Å². The van der Waals surface area contributed by atoms with E-state index in [4.69, 9.17) is 19.3 Å². The van der Waals surface area contributed by atoms with Crippen LogP contribution in [0.25, 0.3) is 0 Å². The van der Waals surface area contributed by atoms with Crippen LogP contribution in [0.5, 0.6) is 0 Å². The molecule has 0 radical (unpaired) electrons. The third-order valence-corrected chi connectivity index (χ3v) is 2.32. The SMILES string of the molecule is C=C(CO/C=C\C(C)/C=C(\C)CO)OCCCOC. The molecule has 0 saturated heterocycles. The van der Waals surface area contributed by atoms with Crippen LogP contribution in [0.1, 0.15) is 20.3 Å². The average molecular weight is 270 g/mol. The lowest BCUT2D eigenvalue weighted by Gasteiger charge is -2.08. The zero-order valence-corrected chi connectivity index (χ0v) is 12.2. The van der Waals surface area contributed by atoms with Crippen LogP contribution in [0.15, 0.2) is 36.3 Å². The highest BCUT2D eigenvalue weighted by Crippen LogP contribution is 2.05. The largest absolute Gasteiger partial charge is 0.495 e. The molecule has 110 valence electrons. The summed E-state index contributed by atoms with van der Waals surface area (Å²) in [5.41, 5.74) is 0.947. The molecule has 0 heterocycles. The number of aliphatic hydroxyl groups is 1. The highest BCUT2D eigenvalue weighted by molar-refractivity contribution is 5.05. The number of methoxy groups -OCH3 is 1. The lowest BCUT2D eigenvalue weighted by Crippen LogP contribution is -2.02. The summed E-state index contributed by atoms with van der Waals surface area (Å²) in [6.45, 7) is 9.39. The van der Waals surface area contributed by atoms with Gasteiger partial charge in [0.05, 0.1) is 19.5 Å². The third kappa shape index (κ3) is 11.6. The Bertz CT molecular complexity index is 295. The van der Waals surface area contributed by atoms with E-state index < -0.39 is 0 Å². The van der Waals surface area contributed by atoms with Gasteiger partial charge in [0.25, 0.3) is 0 Å². The van der Waals surface area contributed by atoms with Gasteiger partial charge in [0.1, 0.15) is 12.4 Å².